The van der Waals surface area contributed by atoms with Crippen molar-refractivity contribution in [2.24, 2.45) is 5.92 Å². The first-order chi connectivity index (χ1) is 7.44. The van der Waals surface area contributed by atoms with E-state index in [4.69, 9.17) is 9.84 Å². The number of nitrogens with one attached hydrogen (secondary N) is 1. The summed E-state index contributed by atoms with van der Waals surface area (Å²) in [6.07, 6.45) is 1.53. The van der Waals surface area contributed by atoms with Crippen LogP contribution >= 0.6 is 0 Å². The highest BCUT2D eigenvalue weighted by Gasteiger charge is 2.26. The molecule has 0 saturated carbocycles. The summed E-state index contributed by atoms with van der Waals surface area (Å²) in [6, 6.07) is -0.411. The average Bonchev–Trinajstić information content (AvgIpc) is 2.65. The largest absolute Gasteiger partial charge is 0.395 e. The molecule has 1 saturated heterocycles. The van der Waals surface area contributed by atoms with Crippen LogP contribution in [0.2, 0.25) is 0 Å². The first-order valence-corrected chi connectivity index (χ1v) is 7.32. The number of hydrogen-bond donors (Lipinski definition) is 2. The Morgan fingerprint density at radius 1 is 1.50 bits per heavy atom. The van der Waals surface area contributed by atoms with Crippen LogP contribution in [0.15, 0.2) is 0 Å². The van der Waals surface area contributed by atoms with Gasteiger partial charge in [-0.3, -0.25) is 0 Å². The Kier molecular flexibility index (Phi) is 5.17. The zero-order valence-electron chi connectivity index (χ0n) is 9.85. The number of ether oxygens (including phenoxy) is 1. The van der Waals surface area contributed by atoms with Crippen molar-refractivity contribution in [3.63, 3.8) is 0 Å². The minimum Gasteiger partial charge on any atom is -0.395 e. The van der Waals surface area contributed by atoms with E-state index < -0.39 is 16.1 Å². The van der Waals surface area contributed by atoms with E-state index in [-0.39, 0.29) is 24.4 Å². The molecule has 0 aliphatic carbocycles. The van der Waals surface area contributed by atoms with Gasteiger partial charge in [-0.15, -0.1) is 0 Å². The van der Waals surface area contributed by atoms with Gasteiger partial charge in [-0.05, 0) is 18.8 Å². The summed E-state index contributed by atoms with van der Waals surface area (Å²) in [7, 11) is -3.36. The van der Waals surface area contributed by atoms with Gasteiger partial charge in [0.25, 0.3) is 0 Å². The second-order valence-electron chi connectivity index (χ2n) is 4.57. The van der Waals surface area contributed by atoms with Crippen LogP contribution in [0, 0.1) is 5.92 Å². The van der Waals surface area contributed by atoms with Crippen LogP contribution in [-0.2, 0) is 14.8 Å². The van der Waals surface area contributed by atoms with Crippen molar-refractivity contribution < 1.29 is 18.3 Å². The van der Waals surface area contributed by atoms with Crippen molar-refractivity contribution in [3.05, 3.63) is 0 Å². The van der Waals surface area contributed by atoms with E-state index in [1.165, 1.54) is 0 Å². The van der Waals surface area contributed by atoms with Crippen molar-refractivity contribution >= 4 is 10.0 Å². The summed E-state index contributed by atoms with van der Waals surface area (Å²) in [5, 5.41) is 9.06. The third kappa shape index (κ3) is 4.37. The van der Waals surface area contributed by atoms with Crippen LogP contribution < -0.4 is 4.72 Å². The molecule has 1 fully saturated rings. The molecule has 2 N–H and O–H groups in total. The van der Waals surface area contributed by atoms with E-state index in [1.54, 1.807) is 0 Å². The first-order valence-electron chi connectivity index (χ1n) is 5.67. The third-order valence-corrected chi connectivity index (χ3v) is 4.23. The summed E-state index contributed by atoms with van der Waals surface area (Å²) in [5.41, 5.74) is 0. The highest BCUT2D eigenvalue weighted by molar-refractivity contribution is 7.89. The zero-order chi connectivity index (χ0) is 12.2. The molecule has 0 aromatic rings. The molecule has 5 nitrogen and oxygen atoms in total. The third-order valence-electron chi connectivity index (χ3n) is 2.76. The molecule has 0 amide bonds. The number of sulfonamides is 1. The number of aliphatic hydroxyl groups is 1. The summed E-state index contributed by atoms with van der Waals surface area (Å²) in [6.45, 7) is 4.21. The molecule has 0 aromatic heterocycles. The van der Waals surface area contributed by atoms with Crippen LogP contribution in [0.5, 0.6) is 0 Å². The second kappa shape index (κ2) is 5.95. The van der Waals surface area contributed by atoms with E-state index >= 15 is 0 Å². The maximum absolute atomic E-state index is 11.8. The van der Waals surface area contributed by atoms with Crippen LogP contribution in [0.4, 0.5) is 0 Å². The van der Waals surface area contributed by atoms with E-state index in [1.807, 2.05) is 13.8 Å². The van der Waals surface area contributed by atoms with Crippen LogP contribution in [0.3, 0.4) is 0 Å². The Bertz CT molecular complexity index is 296. The Hall–Kier alpha value is -0.170. The van der Waals surface area contributed by atoms with Crippen LogP contribution in [0.25, 0.3) is 0 Å². The Morgan fingerprint density at radius 3 is 2.62 bits per heavy atom. The molecular weight excluding hydrogens is 230 g/mol. The summed E-state index contributed by atoms with van der Waals surface area (Å²) in [4.78, 5) is 0. The fourth-order valence-corrected chi connectivity index (χ4v) is 3.34. The number of rotatable bonds is 6. The molecular formula is C10H21NO4S. The fourth-order valence-electron chi connectivity index (χ4n) is 1.68. The van der Waals surface area contributed by atoms with Crippen LogP contribution in [-0.4, -0.2) is 44.6 Å². The highest BCUT2D eigenvalue weighted by atomic mass is 32.2. The molecule has 2 atom stereocenters. The van der Waals surface area contributed by atoms with E-state index in [9.17, 15) is 8.42 Å². The maximum Gasteiger partial charge on any atom is 0.214 e. The van der Waals surface area contributed by atoms with Gasteiger partial charge in [0.05, 0.1) is 18.5 Å². The van der Waals surface area contributed by atoms with Gasteiger partial charge >= 0.3 is 0 Å². The molecule has 1 heterocycles. The van der Waals surface area contributed by atoms with Crippen molar-refractivity contribution in [1.82, 2.24) is 4.72 Å². The van der Waals surface area contributed by atoms with Gasteiger partial charge < -0.3 is 9.84 Å². The summed E-state index contributed by atoms with van der Waals surface area (Å²) in [5.74, 6) is 0.0696. The van der Waals surface area contributed by atoms with E-state index in [2.05, 4.69) is 4.72 Å². The normalized spacial score (nSPS) is 23.9. The predicted octanol–water partition coefficient (Wildman–Crippen LogP) is 0.102. The second-order valence-corrected chi connectivity index (χ2v) is 6.37. The topological polar surface area (TPSA) is 75.6 Å². The quantitative estimate of drug-likeness (QED) is 0.702. The highest BCUT2D eigenvalue weighted by Crippen LogP contribution is 2.14. The van der Waals surface area contributed by atoms with Crippen LogP contribution in [0.1, 0.15) is 26.7 Å². The Labute approximate surface area is 97.2 Å². The maximum atomic E-state index is 11.8. The lowest BCUT2D eigenvalue weighted by Gasteiger charge is -2.20. The minimum absolute atomic E-state index is 0.00375. The first kappa shape index (κ1) is 13.9. The number of aliphatic hydroxyl groups excluding tert-OH is 1. The Balaban J connectivity index is 2.49. The van der Waals surface area contributed by atoms with Gasteiger partial charge in [-0.1, -0.05) is 13.8 Å². The summed E-state index contributed by atoms with van der Waals surface area (Å²) >= 11 is 0. The molecule has 0 aromatic carbocycles. The molecule has 1 aliphatic rings. The van der Waals surface area contributed by atoms with Crippen molar-refractivity contribution in [2.75, 3.05) is 19.0 Å². The monoisotopic (exact) mass is 251 g/mol. The van der Waals surface area contributed by atoms with Crippen molar-refractivity contribution in [1.29, 1.82) is 0 Å². The van der Waals surface area contributed by atoms with Gasteiger partial charge in [-0.25, -0.2) is 13.1 Å². The van der Waals surface area contributed by atoms with E-state index in [0.717, 1.165) is 12.8 Å². The SMILES string of the molecule is CC(C)C(CO)NS(=O)(=O)CC1CCCO1. The molecule has 16 heavy (non-hydrogen) atoms. The lowest BCUT2D eigenvalue weighted by molar-refractivity contribution is 0.127. The molecule has 96 valence electrons. The fraction of sp³-hybridized carbons (Fsp3) is 1.00. The smallest absolute Gasteiger partial charge is 0.214 e. The molecule has 0 spiro atoms. The molecule has 6 heteroatoms. The number of hydrogen-bond acceptors (Lipinski definition) is 4. The molecule has 1 aliphatic heterocycles. The minimum atomic E-state index is -3.36. The zero-order valence-corrected chi connectivity index (χ0v) is 10.7. The van der Waals surface area contributed by atoms with Gasteiger partial charge in [0.1, 0.15) is 0 Å². The van der Waals surface area contributed by atoms with Gasteiger partial charge in [-0.2, -0.15) is 0 Å². The average molecular weight is 251 g/mol. The lowest BCUT2D eigenvalue weighted by Crippen LogP contribution is -2.43. The molecule has 1 rings (SSSR count). The molecule has 2 unspecified atom stereocenters. The lowest BCUT2D eigenvalue weighted by atomic mass is 10.1. The van der Waals surface area contributed by atoms with Crippen molar-refractivity contribution in [3.8, 4) is 0 Å². The summed E-state index contributed by atoms with van der Waals surface area (Å²) < 4.78 is 31.3. The molecule has 0 radical (unpaired) electrons. The Morgan fingerprint density at radius 2 is 2.19 bits per heavy atom. The van der Waals surface area contributed by atoms with Gasteiger partial charge in [0.2, 0.25) is 10.0 Å². The standard InChI is InChI=1S/C10H21NO4S/c1-8(2)10(6-12)11-16(13,14)7-9-4-3-5-15-9/h8-12H,3-7H2,1-2H3. The predicted molar refractivity (Wildman–Crippen MR) is 61.6 cm³/mol. The van der Waals surface area contributed by atoms with Gasteiger partial charge in [0.15, 0.2) is 0 Å². The van der Waals surface area contributed by atoms with E-state index in [0.29, 0.717) is 6.61 Å². The van der Waals surface area contributed by atoms with Gasteiger partial charge in [0, 0.05) is 12.6 Å². The van der Waals surface area contributed by atoms with Crippen molar-refractivity contribution in [2.45, 2.75) is 38.8 Å². The molecule has 0 bridgehead atoms.